The smallest absolute Gasteiger partial charge is 0.242 e. The van der Waals surface area contributed by atoms with E-state index in [1.165, 1.54) is 6.33 Å². The first kappa shape index (κ1) is 14.4. The SMILES string of the molecule is CCc1cc(NC(C)C(=O)NC(C)(C)C)ncn1. The monoisotopic (exact) mass is 250 g/mol. The van der Waals surface area contributed by atoms with Crippen molar-refractivity contribution in [3.8, 4) is 0 Å². The van der Waals surface area contributed by atoms with Crippen molar-refractivity contribution in [1.82, 2.24) is 15.3 Å². The Morgan fingerprint density at radius 1 is 1.39 bits per heavy atom. The lowest BCUT2D eigenvalue weighted by molar-refractivity contribution is -0.122. The zero-order valence-corrected chi connectivity index (χ0v) is 11.7. The molecule has 1 amide bonds. The Morgan fingerprint density at radius 2 is 2.06 bits per heavy atom. The van der Waals surface area contributed by atoms with Crippen molar-refractivity contribution in [2.45, 2.75) is 52.6 Å². The summed E-state index contributed by atoms with van der Waals surface area (Å²) in [7, 11) is 0. The topological polar surface area (TPSA) is 66.9 Å². The van der Waals surface area contributed by atoms with E-state index in [1.54, 1.807) is 0 Å². The Kier molecular flexibility index (Phi) is 4.64. The number of hydrogen-bond donors (Lipinski definition) is 2. The predicted molar refractivity (Wildman–Crippen MR) is 72.4 cm³/mol. The van der Waals surface area contributed by atoms with Gasteiger partial charge in [-0.1, -0.05) is 6.92 Å². The Hall–Kier alpha value is -1.65. The fourth-order valence-electron chi connectivity index (χ4n) is 1.44. The Balaban J connectivity index is 2.63. The summed E-state index contributed by atoms with van der Waals surface area (Å²) in [6.45, 7) is 9.71. The Morgan fingerprint density at radius 3 is 2.61 bits per heavy atom. The molecule has 0 saturated carbocycles. The van der Waals surface area contributed by atoms with Crippen LogP contribution in [0.3, 0.4) is 0 Å². The summed E-state index contributed by atoms with van der Waals surface area (Å²) in [5.41, 5.74) is 0.726. The molecule has 5 heteroatoms. The third-order valence-corrected chi connectivity index (χ3v) is 2.34. The number of nitrogens with one attached hydrogen (secondary N) is 2. The summed E-state index contributed by atoms with van der Waals surface area (Å²) in [5, 5.41) is 6.00. The molecule has 1 atom stereocenters. The number of amides is 1. The van der Waals surface area contributed by atoms with Crippen molar-refractivity contribution < 1.29 is 4.79 Å². The predicted octanol–water partition coefficient (Wildman–Crippen LogP) is 1.75. The fraction of sp³-hybridized carbons (Fsp3) is 0.615. The van der Waals surface area contributed by atoms with Crippen LogP contribution in [0, 0.1) is 0 Å². The van der Waals surface area contributed by atoms with Gasteiger partial charge in [0.05, 0.1) is 0 Å². The van der Waals surface area contributed by atoms with Crippen LogP contribution in [0.15, 0.2) is 12.4 Å². The summed E-state index contributed by atoms with van der Waals surface area (Å²) in [5.74, 6) is 0.637. The van der Waals surface area contributed by atoms with Crippen LogP contribution in [0.4, 0.5) is 5.82 Å². The first-order valence-corrected chi connectivity index (χ1v) is 6.21. The van der Waals surface area contributed by atoms with Gasteiger partial charge in [0.15, 0.2) is 0 Å². The van der Waals surface area contributed by atoms with Crippen molar-refractivity contribution in [2.75, 3.05) is 5.32 Å². The van der Waals surface area contributed by atoms with E-state index in [9.17, 15) is 4.79 Å². The van der Waals surface area contributed by atoms with Gasteiger partial charge in [0.25, 0.3) is 0 Å². The largest absolute Gasteiger partial charge is 0.359 e. The second-order valence-corrected chi connectivity index (χ2v) is 5.35. The van der Waals surface area contributed by atoms with E-state index >= 15 is 0 Å². The van der Waals surface area contributed by atoms with Crippen LogP contribution in [-0.4, -0.2) is 27.5 Å². The number of hydrogen-bond acceptors (Lipinski definition) is 4. The molecule has 1 unspecified atom stereocenters. The van der Waals surface area contributed by atoms with Crippen molar-refractivity contribution in [1.29, 1.82) is 0 Å². The summed E-state index contributed by atoms with van der Waals surface area (Å²) >= 11 is 0. The van der Waals surface area contributed by atoms with E-state index in [4.69, 9.17) is 0 Å². The molecule has 1 heterocycles. The molecular formula is C13H22N4O. The molecule has 0 radical (unpaired) electrons. The summed E-state index contributed by atoms with van der Waals surface area (Å²) in [6, 6.07) is 1.53. The minimum absolute atomic E-state index is 0.0424. The van der Waals surface area contributed by atoms with Gasteiger partial charge in [-0.25, -0.2) is 9.97 Å². The molecule has 1 aromatic rings. The number of aryl methyl sites for hydroxylation is 1. The second kappa shape index (κ2) is 5.80. The van der Waals surface area contributed by atoms with E-state index in [-0.39, 0.29) is 17.5 Å². The van der Waals surface area contributed by atoms with E-state index in [0.717, 1.165) is 12.1 Å². The van der Waals surface area contributed by atoms with Crippen molar-refractivity contribution in [3.63, 3.8) is 0 Å². The minimum Gasteiger partial charge on any atom is -0.359 e. The molecular weight excluding hydrogens is 228 g/mol. The van der Waals surface area contributed by atoms with Crippen LogP contribution in [-0.2, 0) is 11.2 Å². The maximum absolute atomic E-state index is 11.9. The first-order valence-electron chi connectivity index (χ1n) is 6.21. The van der Waals surface area contributed by atoms with Crippen molar-refractivity contribution in [2.24, 2.45) is 0 Å². The highest BCUT2D eigenvalue weighted by Crippen LogP contribution is 2.07. The Bertz CT molecular complexity index is 412. The fourth-order valence-corrected chi connectivity index (χ4v) is 1.44. The molecule has 0 aliphatic carbocycles. The quantitative estimate of drug-likeness (QED) is 0.854. The molecule has 0 aliphatic heterocycles. The highest BCUT2D eigenvalue weighted by molar-refractivity contribution is 5.84. The molecule has 1 rings (SSSR count). The van der Waals surface area contributed by atoms with Gasteiger partial charge < -0.3 is 10.6 Å². The molecule has 5 nitrogen and oxygen atoms in total. The lowest BCUT2D eigenvalue weighted by Gasteiger charge is -2.23. The van der Waals surface area contributed by atoms with E-state index in [2.05, 4.69) is 20.6 Å². The molecule has 0 fully saturated rings. The van der Waals surface area contributed by atoms with Gasteiger partial charge in [-0.15, -0.1) is 0 Å². The first-order chi connectivity index (χ1) is 8.31. The van der Waals surface area contributed by atoms with Gasteiger partial charge in [0.1, 0.15) is 18.2 Å². The lowest BCUT2D eigenvalue weighted by Crippen LogP contribution is -2.47. The normalized spacial score (nSPS) is 12.9. The maximum Gasteiger partial charge on any atom is 0.242 e. The van der Waals surface area contributed by atoms with Gasteiger partial charge in [-0.2, -0.15) is 0 Å². The molecule has 0 aromatic carbocycles. The maximum atomic E-state index is 11.9. The number of carbonyl (C=O) groups is 1. The van der Waals surface area contributed by atoms with E-state index in [1.807, 2.05) is 40.7 Å². The number of aromatic nitrogens is 2. The molecule has 100 valence electrons. The molecule has 0 saturated heterocycles. The summed E-state index contributed by atoms with van der Waals surface area (Å²) in [4.78, 5) is 20.1. The van der Waals surface area contributed by atoms with Crippen LogP contribution in [0.5, 0.6) is 0 Å². The zero-order chi connectivity index (χ0) is 13.8. The number of anilines is 1. The van der Waals surface area contributed by atoms with Crippen molar-refractivity contribution in [3.05, 3.63) is 18.1 Å². The molecule has 0 spiro atoms. The third kappa shape index (κ3) is 4.69. The van der Waals surface area contributed by atoms with Gasteiger partial charge in [-0.05, 0) is 34.1 Å². The standard InChI is InChI=1S/C13H22N4O/c1-6-10-7-11(15-8-14-10)16-9(2)12(18)17-13(3,4)5/h7-9H,6H2,1-5H3,(H,17,18)(H,14,15,16). The highest BCUT2D eigenvalue weighted by Gasteiger charge is 2.19. The third-order valence-electron chi connectivity index (χ3n) is 2.34. The average molecular weight is 250 g/mol. The van der Waals surface area contributed by atoms with Gasteiger partial charge in [0.2, 0.25) is 5.91 Å². The van der Waals surface area contributed by atoms with Gasteiger partial charge in [-0.3, -0.25) is 4.79 Å². The van der Waals surface area contributed by atoms with Gasteiger partial charge in [0, 0.05) is 17.3 Å². The van der Waals surface area contributed by atoms with Crippen LogP contribution in [0.2, 0.25) is 0 Å². The van der Waals surface area contributed by atoms with Gasteiger partial charge >= 0.3 is 0 Å². The minimum atomic E-state index is -0.330. The average Bonchev–Trinajstić information content (AvgIpc) is 2.27. The van der Waals surface area contributed by atoms with Crippen LogP contribution in [0.25, 0.3) is 0 Å². The summed E-state index contributed by atoms with van der Waals surface area (Å²) < 4.78 is 0. The van der Waals surface area contributed by atoms with Crippen LogP contribution >= 0.6 is 0 Å². The summed E-state index contributed by atoms with van der Waals surface area (Å²) in [6.07, 6.45) is 2.36. The Labute approximate surface area is 108 Å². The van der Waals surface area contributed by atoms with E-state index in [0.29, 0.717) is 5.82 Å². The second-order valence-electron chi connectivity index (χ2n) is 5.35. The number of rotatable bonds is 4. The van der Waals surface area contributed by atoms with Crippen LogP contribution < -0.4 is 10.6 Å². The lowest BCUT2D eigenvalue weighted by atomic mass is 10.1. The highest BCUT2D eigenvalue weighted by atomic mass is 16.2. The zero-order valence-electron chi connectivity index (χ0n) is 11.7. The van der Waals surface area contributed by atoms with Crippen molar-refractivity contribution >= 4 is 11.7 Å². The molecule has 0 bridgehead atoms. The molecule has 1 aromatic heterocycles. The van der Waals surface area contributed by atoms with Crippen LogP contribution in [0.1, 0.15) is 40.3 Å². The molecule has 0 aliphatic rings. The number of carbonyl (C=O) groups excluding carboxylic acids is 1. The van der Waals surface area contributed by atoms with E-state index < -0.39 is 0 Å². The number of nitrogens with zero attached hydrogens (tertiary/aromatic N) is 2. The molecule has 2 N–H and O–H groups in total. The molecule has 18 heavy (non-hydrogen) atoms.